The summed E-state index contributed by atoms with van der Waals surface area (Å²) >= 11 is 3.17. The lowest BCUT2D eigenvalue weighted by molar-refractivity contribution is 0.537. The second kappa shape index (κ2) is 3.68. The van der Waals surface area contributed by atoms with Crippen LogP contribution in [0.4, 0.5) is 0 Å². The van der Waals surface area contributed by atoms with Gasteiger partial charge in [0.2, 0.25) is 0 Å². The van der Waals surface area contributed by atoms with E-state index >= 15 is 0 Å². The first-order chi connectivity index (χ1) is 5.66. The quantitative estimate of drug-likeness (QED) is 0.645. The molecule has 1 atom stereocenters. The molecule has 0 fully saturated rings. The zero-order valence-electron chi connectivity index (χ0n) is 5.78. The van der Waals surface area contributed by atoms with Gasteiger partial charge in [0.15, 0.2) is 0 Å². The average Bonchev–Trinajstić information content (AvgIpc) is 2.03. The number of hydrogen-bond acceptors (Lipinski definition) is 3. The van der Waals surface area contributed by atoms with E-state index in [1.807, 2.05) is 0 Å². The largest absolute Gasteiger partial charge is 0.768 e. The zero-order chi connectivity index (χ0) is 9.14. The molecule has 0 aliphatic rings. The summed E-state index contributed by atoms with van der Waals surface area (Å²) in [4.78, 5) is -0.0648. The predicted molar refractivity (Wildman–Crippen MR) is 43.4 cm³/mol. The van der Waals surface area contributed by atoms with E-state index < -0.39 is 11.1 Å². The third-order valence-electron chi connectivity index (χ3n) is 1.27. The molecule has 0 radical (unpaired) electrons. The van der Waals surface area contributed by atoms with Gasteiger partial charge in [0.25, 0.3) is 0 Å². The van der Waals surface area contributed by atoms with Crippen molar-refractivity contribution in [3.63, 3.8) is 0 Å². The molecule has 1 aromatic rings. The molecule has 1 aromatic carbocycles. The van der Waals surface area contributed by atoms with Crippen molar-refractivity contribution in [2.24, 2.45) is 0 Å². The van der Waals surface area contributed by atoms with E-state index in [2.05, 4.69) is 0 Å². The van der Waals surface area contributed by atoms with Crippen LogP contribution in [-0.2, 0) is 11.1 Å². The predicted octanol–water partition coefficient (Wildman–Crippen LogP) is 1.45. The van der Waals surface area contributed by atoms with E-state index in [0.29, 0.717) is 0 Å². The molecule has 0 aromatic heterocycles. The van der Waals surface area contributed by atoms with Crippen molar-refractivity contribution in [3.8, 4) is 6.07 Å². The summed E-state index contributed by atoms with van der Waals surface area (Å²) < 4.78 is 21.0. The Bertz CT molecular complexity index is 372. The van der Waals surface area contributed by atoms with Crippen LogP contribution in [0, 0.1) is 11.3 Å². The van der Waals surface area contributed by atoms with E-state index in [1.165, 1.54) is 18.2 Å². The van der Waals surface area contributed by atoms with Crippen molar-refractivity contribution in [1.29, 1.82) is 5.26 Å². The fourth-order valence-corrected chi connectivity index (χ4v) is 1.54. The molecule has 0 bridgehead atoms. The Morgan fingerprint density at radius 1 is 1.58 bits per heavy atom. The second-order valence-electron chi connectivity index (χ2n) is 1.96. The SMILES string of the molecule is N#Cc1c(Cl)cccc1S(=O)[O-]. The fourth-order valence-electron chi connectivity index (χ4n) is 0.752. The molecule has 12 heavy (non-hydrogen) atoms. The normalized spacial score (nSPS) is 12.1. The van der Waals surface area contributed by atoms with Gasteiger partial charge in [0, 0.05) is 4.90 Å². The van der Waals surface area contributed by atoms with Crippen LogP contribution in [0.15, 0.2) is 23.1 Å². The van der Waals surface area contributed by atoms with E-state index in [4.69, 9.17) is 16.9 Å². The number of hydrogen-bond donors (Lipinski definition) is 0. The lowest BCUT2D eigenvalue weighted by Crippen LogP contribution is -1.93. The van der Waals surface area contributed by atoms with Gasteiger partial charge >= 0.3 is 0 Å². The lowest BCUT2D eigenvalue weighted by atomic mass is 10.2. The monoisotopic (exact) mass is 200 g/mol. The summed E-state index contributed by atoms with van der Waals surface area (Å²) in [5.41, 5.74) is -0.00694. The molecule has 1 unspecified atom stereocenters. The van der Waals surface area contributed by atoms with Crippen molar-refractivity contribution in [2.45, 2.75) is 4.90 Å². The first kappa shape index (κ1) is 9.20. The maximum absolute atomic E-state index is 10.5. The number of rotatable bonds is 1. The Kier molecular flexibility index (Phi) is 2.82. The van der Waals surface area contributed by atoms with Gasteiger partial charge in [0.1, 0.15) is 6.07 Å². The lowest BCUT2D eigenvalue weighted by Gasteiger charge is -2.06. The van der Waals surface area contributed by atoms with Gasteiger partial charge in [-0.3, -0.25) is 4.21 Å². The van der Waals surface area contributed by atoms with Crippen LogP contribution in [0.25, 0.3) is 0 Å². The summed E-state index contributed by atoms with van der Waals surface area (Å²) in [5.74, 6) is 0. The van der Waals surface area contributed by atoms with Gasteiger partial charge in [-0.1, -0.05) is 17.7 Å². The minimum atomic E-state index is -2.41. The van der Waals surface area contributed by atoms with Crippen molar-refractivity contribution >= 4 is 22.7 Å². The highest BCUT2D eigenvalue weighted by molar-refractivity contribution is 7.79. The molecular weight excluding hydrogens is 198 g/mol. The minimum absolute atomic E-state index is 0.00694. The number of nitrogens with zero attached hydrogens (tertiary/aromatic N) is 1. The van der Waals surface area contributed by atoms with Gasteiger partial charge in [0.05, 0.1) is 10.6 Å². The molecule has 3 nitrogen and oxygen atoms in total. The molecule has 0 saturated carbocycles. The van der Waals surface area contributed by atoms with Crippen LogP contribution in [-0.4, -0.2) is 8.76 Å². The molecular formula is C7H3ClNO2S-. The summed E-state index contributed by atoms with van der Waals surface area (Å²) in [7, 11) is 0. The molecule has 0 heterocycles. The van der Waals surface area contributed by atoms with Gasteiger partial charge in [-0.05, 0) is 23.2 Å². The van der Waals surface area contributed by atoms with Crippen LogP contribution < -0.4 is 0 Å². The Morgan fingerprint density at radius 2 is 2.25 bits per heavy atom. The van der Waals surface area contributed by atoms with Crippen molar-refractivity contribution in [2.75, 3.05) is 0 Å². The minimum Gasteiger partial charge on any atom is -0.768 e. The topological polar surface area (TPSA) is 63.9 Å². The van der Waals surface area contributed by atoms with Gasteiger partial charge in [-0.25, -0.2) is 0 Å². The number of halogens is 1. The molecule has 0 aliphatic carbocycles. The first-order valence-corrected chi connectivity index (χ1v) is 4.40. The molecule has 0 spiro atoms. The number of nitriles is 1. The van der Waals surface area contributed by atoms with Gasteiger partial charge in [-0.2, -0.15) is 5.26 Å². The Labute approximate surface area is 76.9 Å². The number of benzene rings is 1. The van der Waals surface area contributed by atoms with E-state index in [-0.39, 0.29) is 15.5 Å². The van der Waals surface area contributed by atoms with E-state index in [9.17, 15) is 8.76 Å². The molecule has 0 amide bonds. The summed E-state index contributed by atoms with van der Waals surface area (Å²) in [6.45, 7) is 0. The third-order valence-corrected chi connectivity index (χ3v) is 2.28. The summed E-state index contributed by atoms with van der Waals surface area (Å²) in [5, 5.41) is 8.69. The van der Waals surface area contributed by atoms with Crippen LogP contribution in [0.5, 0.6) is 0 Å². The highest BCUT2D eigenvalue weighted by atomic mass is 35.5. The van der Waals surface area contributed by atoms with Crippen LogP contribution >= 0.6 is 11.6 Å². The van der Waals surface area contributed by atoms with Crippen LogP contribution in [0.1, 0.15) is 5.56 Å². The highest BCUT2D eigenvalue weighted by Gasteiger charge is 2.05. The molecule has 0 aliphatic heterocycles. The van der Waals surface area contributed by atoms with Crippen LogP contribution in [0.2, 0.25) is 5.02 Å². The van der Waals surface area contributed by atoms with Crippen molar-refractivity contribution in [1.82, 2.24) is 0 Å². The summed E-state index contributed by atoms with van der Waals surface area (Å²) in [6.07, 6.45) is 0. The molecule has 1 rings (SSSR count). The highest BCUT2D eigenvalue weighted by Crippen LogP contribution is 2.20. The summed E-state index contributed by atoms with van der Waals surface area (Å²) in [6, 6.07) is 6.00. The molecule has 0 saturated heterocycles. The fraction of sp³-hybridized carbons (Fsp3) is 0. The van der Waals surface area contributed by atoms with Crippen LogP contribution in [0.3, 0.4) is 0 Å². The van der Waals surface area contributed by atoms with E-state index in [1.54, 1.807) is 6.07 Å². The maximum Gasteiger partial charge on any atom is 0.102 e. The molecule has 5 heteroatoms. The average molecular weight is 201 g/mol. The Morgan fingerprint density at radius 3 is 2.67 bits per heavy atom. The van der Waals surface area contributed by atoms with Crippen molar-refractivity contribution < 1.29 is 8.76 Å². The van der Waals surface area contributed by atoms with Crippen molar-refractivity contribution in [3.05, 3.63) is 28.8 Å². The zero-order valence-corrected chi connectivity index (χ0v) is 7.35. The van der Waals surface area contributed by atoms with Gasteiger partial charge < -0.3 is 4.55 Å². The molecule has 0 N–H and O–H groups in total. The Balaban J connectivity index is 3.40. The smallest absolute Gasteiger partial charge is 0.102 e. The standard InChI is InChI=1S/C7H4ClNO2S/c8-6-2-1-3-7(12(10)11)5(6)4-9/h1-3H,(H,10,11)/p-1. The van der Waals surface area contributed by atoms with Gasteiger partial charge in [-0.15, -0.1) is 0 Å². The second-order valence-corrected chi connectivity index (χ2v) is 3.28. The molecule has 62 valence electrons. The Hall–Kier alpha value is -0.890. The van der Waals surface area contributed by atoms with E-state index in [0.717, 1.165) is 0 Å². The maximum atomic E-state index is 10.5. The third kappa shape index (κ3) is 1.64. The first-order valence-electron chi connectivity index (χ1n) is 2.94.